The van der Waals surface area contributed by atoms with Gasteiger partial charge < -0.3 is 10.2 Å². The Hall–Kier alpha value is -1.16. The van der Waals surface area contributed by atoms with Gasteiger partial charge in [0.1, 0.15) is 5.78 Å². The molecule has 0 aromatic carbocycles. The number of ketones is 1. The highest BCUT2D eigenvalue weighted by Crippen LogP contribution is 2.65. The standard InChI is InChI=1S/C20H30O4/c1-5-17(2)11-14(21)20(12-17)10-7-13-18(3,15(20)22)8-6-9-19(13,4)16(23)24/h5,13-14,21H,1,6-12H2,2-4H3,(H,23,24). The van der Waals surface area contributed by atoms with Gasteiger partial charge in [-0.1, -0.05) is 26.3 Å². The van der Waals surface area contributed by atoms with Crippen molar-refractivity contribution >= 4 is 11.8 Å². The zero-order valence-electron chi connectivity index (χ0n) is 15.1. The highest BCUT2D eigenvalue weighted by Gasteiger charge is 2.67. The number of aliphatic carboxylic acids is 1. The van der Waals surface area contributed by atoms with Gasteiger partial charge in [-0.05, 0) is 56.8 Å². The van der Waals surface area contributed by atoms with Crippen LogP contribution in [0.2, 0.25) is 0 Å². The first-order valence-corrected chi connectivity index (χ1v) is 9.14. The summed E-state index contributed by atoms with van der Waals surface area (Å²) in [6.45, 7) is 9.72. The summed E-state index contributed by atoms with van der Waals surface area (Å²) in [4.78, 5) is 25.6. The predicted molar refractivity (Wildman–Crippen MR) is 91.4 cm³/mol. The van der Waals surface area contributed by atoms with Crippen molar-refractivity contribution in [3.63, 3.8) is 0 Å². The van der Waals surface area contributed by atoms with E-state index in [1.807, 2.05) is 19.9 Å². The second kappa shape index (κ2) is 5.17. The highest BCUT2D eigenvalue weighted by molar-refractivity contribution is 5.93. The fourth-order valence-corrected chi connectivity index (χ4v) is 6.31. The number of carboxylic acid groups (broad SMARTS) is 1. The number of hydrogen-bond donors (Lipinski definition) is 2. The summed E-state index contributed by atoms with van der Waals surface area (Å²) in [6, 6.07) is 0. The third-order valence-electron chi connectivity index (χ3n) is 7.78. The van der Waals surface area contributed by atoms with E-state index < -0.39 is 28.3 Å². The third-order valence-corrected chi connectivity index (χ3v) is 7.78. The summed E-state index contributed by atoms with van der Waals surface area (Å²) < 4.78 is 0. The molecule has 3 saturated carbocycles. The largest absolute Gasteiger partial charge is 0.481 e. The van der Waals surface area contributed by atoms with E-state index in [9.17, 15) is 19.8 Å². The molecule has 0 heterocycles. The van der Waals surface area contributed by atoms with E-state index in [4.69, 9.17) is 0 Å². The van der Waals surface area contributed by atoms with Gasteiger partial charge >= 0.3 is 5.97 Å². The minimum Gasteiger partial charge on any atom is -0.481 e. The number of carbonyl (C=O) groups excluding carboxylic acids is 1. The van der Waals surface area contributed by atoms with Crippen molar-refractivity contribution in [3.8, 4) is 0 Å². The van der Waals surface area contributed by atoms with Crippen molar-refractivity contribution < 1.29 is 19.8 Å². The number of rotatable bonds is 2. The lowest BCUT2D eigenvalue weighted by molar-refractivity contribution is -0.177. The molecular weight excluding hydrogens is 304 g/mol. The van der Waals surface area contributed by atoms with Crippen molar-refractivity contribution in [2.24, 2.45) is 27.6 Å². The topological polar surface area (TPSA) is 74.6 Å². The molecule has 2 N–H and O–H groups in total. The van der Waals surface area contributed by atoms with Gasteiger partial charge in [0.25, 0.3) is 0 Å². The molecular formula is C20H30O4. The Morgan fingerprint density at radius 1 is 1.25 bits per heavy atom. The average Bonchev–Trinajstić information content (AvgIpc) is 2.77. The molecule has 6 atom stereocenters. The summed E-state index contributed by atoms with van der Waals surface area (Å²) in [5, 5.41) is 20.6. The first-order valence-electron chi connectivity index (χ1n) is 9.14. The molecule has 0 radical (unpaired) electrons. The van der Waals surface area contributed by atoms with Gasteiger partial charge in [-0.25, -0.2) is 0 Å². The molecule has 4 nitrogen and oxygen atoms in total. The van der Waals surface area contributed by atoms with Gasteiger partial charge in [-0.3, -0.25) is 9.59 Å². The van der Waals surface area contributed by atoms with Crippen LogP contribution in [0.4, 0.5) is 0 Å². The van der Waals surface area contributed by atoms with E-state index in [0.717, 1.165) is 12.8 Å². The molecule has 0 aromatic heterocycles. The molecule has 134 valence electrons. The van der Waals surface area contributed by atoms with Crippen LogP contribution in [-0.4, -0.2) is 28.1 Å². The summed E-state index contributed by atoms with van der Waals surface area (Å²) >= 11 is 0. The predicted octanol–water partition coefficient (Wildman–Crippen LogP) is 3.58. The number of aliphatic hydroxyl groups is 1. The second-order valence-corrected chi connectivity index (χ2v) is 9.33. The molecule has 0 aliphatic heterocycles. The van der Waals surface area contributed by atoms with Crippen LogP contribution >= 0.6 is 0 Å². The molecule has 6 unspecified atom stereocenters. The molecule has 3 fully saturated rings. The minimum absolute atomic E-state index is 0.108. The van der Waals surface area contributed by atoms with Crippen LogP contribution in [0, 0.1) is 27.6 Å². The van der Waals surface area contributed by atoms with Crippen LogP contribution in [0.5, 0.6) is 0 Å². The fourth-order valence-electron chi connectivity index (χ4n) is 6.31. The number of aliphatic hydroxyl groups excluding tert-OH is 1. The lowest BCUT2D eigenvalue weighted by Gasteiger charge is -2.56. The number of carbonyl (C=O) groups is 2. The van der Waals surface area contributed by atoms with Crippen LogP contribution in [0.3, 0.4) is 0 Å². The van der Waals surface area contributed by atoms with E-state index in [1.165, 1.54) is 0 Å². The summed E-state index contributed by atoms with van der Waals surface area (Å²) in [6.07, 6.45) is 5.85. The Morgan fingerprint density at radius 2 is 1.92 bits per heavy atom. The van der Waals surface area contributed by atoms with Crippen molar-refractivity contribution in [2.45, 2.75) is 71.8 Å². The molecule has 0 aromatic rings. The van der Waals surface area contributed by atoms with Gasteiger partial charge in [-0.2, -0.15) is 0 Å². The van der Waals surface area contributed by atoms with Gasteiger partial charge in [0, 0.05) is 5.41 Å². The molecule has 1 spiro atoms. The molecule has 4 heteroatoms. The van der Waals surface area contributed by atoms with Gasteiger partial charge in [0.15, 0.2) is 0 Å². The Labute approximate surface area is 144 Å². The Balaban J connectivity index is 2.01. The van der Waals surface area contributed by atoms with Crippen molar-refractivity contribution in [1.82, 2.24) is 0 Å². The van der Waals surface area contributed by atoms with Gasteiger partial charge in [-0.15, -0.1) is 6.58 Å². The van der Waals surface area contributed by atoms with Crippen LogP contribution in [0.1, 0.15) is 65.7 Å². The van der Waals surface area contributed by atoms with Gasteiger partial charge in [0.2, 0.25) is 0 Å². The maximum absolute atomic E-state index is 13.6. The molecule has 3 aliphatic carbocycles. The lowest BCUT2D eigenvalue weighted by atomic mass is 9.45. The molecule has 3 aliphatic rings. The van der Waals surface area contributed by atoms with Gasteiger partial charge in [0.05, 0.1) is 16.9 Å². The van der Waals surface area contributed by atoms with Crippen LogP contribution in [-0.2, 0) is 9.59 Å². The Bertz CT molecular complexity index is 598. The smallest absolute Gasteiger partial charge is 0.309 e. The summed E-state index contributed by atoms with van der Waals surface area (Å²) in [7, 11) is 0. The van der Waals surface area contributed by atoms with Crippen molar-refractivity contribution in [1.29, 1.82) is 0 Å². The molecule has 24 heavy (non-hydrogen) atoms. The monoisotopic (exact) mass is 334 g/mol. The van der Waals surface area contributed by atoms with Crippen LogP contribution in [0.25, 0.3) is 0 Å². The first-order chi connectivity index (χ1) is 11.0. The number of fused-ring (bicyclic) bond motifs is 1. The third kappa shape index (κ3) is 2.08. The molecule has 3 rings (SSSR count). The fraction of sp³-hybridized carbons (Fsp3) is 0.800. The summed E-state index contributed by atoms with van der Waals surface area (Å²) in [5.41, 5.74) is -2.42. The van der Waals surface area contributed by atoms with Crippen molar-refractivity contribution in [2.75, 3.05) is 0 Å². The van der Waals surface area contributed by atoms with E-state index >= 15 is 0 Å². The SMILES string of the molecule is C=CC1(C)CC(O)C2(CCC3C(C)(C(=O)O)CCCC3(C)C2=O)C1. The summed E-state index contributed by atoms with van der Waals surface area (Å²) in [5.74, 6) is -0.821. The quantitative estimate of drug-likeness (QED) is 0.757. The Kier molecular flexibility index (Phi) is 3.80. The zero-order chi connectivity index (χ0) is 18.0. The minimum atomic E-state index is -0.838. The number of Topliss-reactive ketones (excluding diaryl/α,β-unsaturated/α-hetero) is 1. The maximum atomic E-state index is 13.6. The van der Waals surface area contributed by atoms with E-state index in [0.29, 0.717) is 32.1 Å². The lowest BCUT2D eigenvalue weighted by Crippen LogP contribution is -2.60. The number of allylic oxidation sites excluding steroid dienone is 1. The number of hydrogen-bond acceptors (Lipinski definition) is 3. The second-order valence-electron chi connectivity index (χ2n) is 9.33. The van der Waals surface area contributed by atoms with E-state index in [1.54, 1.807) is 0 Å². The van der Waals surface area contributed by atoms with Crippen LogP contribution in [0.15, 0.2) is 12.7 Å². The molecule has 0 saturated heterocycles. The number of carboxylic acids is 1. The first kappa shape index (κ1) is 17.7. The highest BCUT2D eigenvalue weighted by atomic mass is 16.4. The van der Waals surface area contributed by atoms with E-state index in [-0.39, 0.29) is 17.1 Å². The van der Waals surface area contributed by atoms with E-state index in [2.05, 4.69) is 13.5 Å². The normalized spacial score (nSPS) is 51.4. The Morgan fingerprint density at radius 3 is 2.46 bits per heavy atom. The average molecular weight is 334 g/mol. The zero-order valence-corrected chi connectivity index (χ0v) is 15.1. The van der Waals surface area contributed by atoms with Crippen LogP contribution < -0.4 is 0 Å². The molecule has 0 bridgehead atoms. The maximum Gasteiger partial charge on any atom is 0.309 e. The molecule has 0 amide bonds. The van der Waals surface area contributed by atoms with Crippen molar-refractivity contribution in [3.05, 3.63) is 12.7 Å².